The number of hydrogen-bond donors (Lipinski definition) is 2. The predicted molar refractivity (Wildman–Crippen MR) is 76.2 cm³/mol. The van der Waals surface area contributed by atoms with Crippen molar-refractivity contribution in [1.29, 1.82) is 0 Å². The molecule has 0 radical (unpaired) electrons. The third kappa shape index (κ3) is 5.13. The molecular weight excluding hydrogens is 264 g/mol. The summed E-state index contributed by atoms with van der Waals surface area (Å²) in [4.78, 5) is 26.5. The van der Waals surface area contributed by atoms with Crippen LogP contribution in [0.1, 0.15) is 23.0 Å². The van der Waals surface area contributed by atoms with Gasteiger partial charge in [0.15, 0.2) is 0 Å². The van der Waals surface area contributed by atoms with Gasteiger partial charge in [-0.2, -0.15) is 11.8 Å². The Kier molecular flexibility index (Phi) is 6.08. The topological polar surface area (TPSA) is 79.3 Å². The molecule has 1 unspecified atom stereocenters. The molecule has 0 aliphatic rings. The highest BCUT2D eigenvalue weighted by Crippen LogP contribution is 2.08. The van der Waals surface area contributed by atoms with Gasteiger partial charge in [0.2, 0.25) is 0 Å². The molecule has 0 bridgehead atoms. The number of carboxylic acids is 1. The Bertz CT molecular complexity index is 489. The summed E-state index contributed by atoms with van der Waals surface area (Å²) in [5, 5.41) is 11.7. The molecule has 19 heavy (non-hydrogen) atoms. The number of aromatic nitrogens is 1. The quantitative estimate of drug-likeness (QED) is 0.775. The van der Waals surface area contributed by atoms with E-state index in [-0.39, 0.29) is 11.6 Å². The van der Waals surface area contributed by atoms with Crippen molar-refractivity contribution in [2.75, 3.05) is 12.8 Å². The maximum Gasteiger partial charge on any atom is 0.328 e. The Morgan fingerprint density at radius 2 is 2.32 bits per heavy atom. The Balaban J connectivity index is 2.82. The van der Waals surface area contributed by atoms with Crippen molar-refractivity contribution in [3.63, 3.8) is 0 Å². The monoisotopic (exact) mass is 280 g/mol. The molecule has 0 fully saturated rings. The zero-order valence-corrected chi connectivity index (χ0v) is 11.6. The second kappa shape index (κ2) is 7.58. The minimum absolute atomic E-state index is 0.230. The van der Waals surface area contributed by atoms with Crippen LogP contribution in [0.15, 0.2) is 24.4 Å². The van der Waals surface area contributed by atoms with Crippen LogP contribution in [0.4, 0.5) is 0 Å². The highest BCUT2D eigenvalue weighted by Gasteiger charge is 2.11. The van der Waals surface area contributed by atoms with Crippen LogP contribution >= 0.6 is 11.8 Å². The minimum atomic E-state index is -1.06. The summed E-state index contributed by atoms with van der Waals surface area (Å²) in [6.07, 6.45) is 5.82. The van der Waals surface area contributed by atoms with Crippen molar-refractivity contribution < 1.29 is 14.7 Å². The molecule has 1 amide bonds. The van der Waals surface area contributed by atoms with Crippen LogP contribution in [-0.2, 0) is 4.79 Å². The second-order valence-corrected chi connectivity index (χ2v) is 5.15. The first kappa shape index (κ1) is 15.2. The number of nitrogens with zero attached hydrogens (tertiary/aromatic N) is 1. The number of thioether (sulfide) groups is 1. The van der Waals surface area contributed by atoms with Gasteiger partial charge in [0.1, 0.15) is 5.69 Å². The number of hydrogen-bond acceptors (Lipinski definition) is 4. The molecule has 0 saturated carbocycles. The first-order chi connectivity index (χ1) is 9.04. The lowest BCUT2D eigenvalue weighted by Crippen LogP contribution is -2.30. The Morgan fingerprint density at radius 1 is 1.58 bits per heavy atom. The average molecular weight is 280 g/mol. The third-order valence-corrected chi connectivity index (χ3v) is 3.38. The minimum Gasteiger partial charge on any atom is -0.478 e. The van der Waals surface area contributed by atoms with E-state index in [9.17, 15) is 9.59 Å². The highest BCUT2D eigenvalue weighted by atomic mass is 32.2. The molecule has 1 atom stereocenters. The number of carbonyl (C=O) groups excluding carboxylic acids is 1. The maximum atomic E-state index is 12.0. The molecule has 1 aromatic rings. The highest BCUT2D eigenvalue weighted by molar-refractivity contribution is 7.99. The summed E-state index contributed by atoms with van der Waals surface area (Å²) in [6.45, 7) is 2.55. The van der Waals surface area contributed by atoms with Gasteiger partial charge in [0, 0.05) is 29.6 Å². The summed E-state index contributed by atoms with van der Waals surface area (Å²) in [5.74, 6) is -1.36. The Hall–Kier alpha value is -1.82. The molecule has 0 spiro atoms. The van der Waals surface area contributed by atoms with Crippen LogP contribution in [0.25, 0.3) is 6.08 Å². The Morgan fingerprint density at radius 3 is 2.95 bits per heavy atom. The van der Waals surface area contributed by atoms with E-state index in [1.165, 1.54) is 12.3 Å². The fourth-order valence-corrected chi connectivity index (χ4v) is 1.56. The van der Waals surface area contributed by atoms with Crippen LogP contribution in [0.2, 0.25) is 0 Å². The molecule has 0 aliphatic carbocycles. The second-order valence-electron chi connectivity index (χ2n) is 3.87. The van der Waals surface area contributed by atoms with Gasteiger partial charge in [0.25, 0.3) is 5.91 Å². The van der Waals surface area contributed by atoms with Gasteiger partial charge in [-0.3, -0.25) is 9.78 Å². The predicted octanol–water partition coefficient (Wildman–Crippen LogP) is 1.66. The standard InChI is InChI=1S/C13H16N2O3S/c1-9(19-2)8-15-13(18)12-10(4-3-7-14-12)5-6-11(16)17/h3-7,9H,8H2,1-2H3,(H,15,18)(H,16,17)/b6-5+. The number of carboxylic acid groups (broad SMARTS) is 1. The van der Waals surface area contributed by atoms with Crippen LogP contribution in [-0.4, -0.2) is 40.0 Å². The van der Waals surface area contributed by atoms with E-state index < -0.39 is 5.97 Å². The maximum absolute atomic E-state index is 12.0. The van der Waals surface area contributed by atoms with Crippen LogP contribution < -0.4 is 5.32 Å². The van der Waals surface area contributed by atoms with E-state index in [0.29, 0.717) is 17.4 Å². The lowest BCUT2D eigenvalue weighted by Gasteiger charge is -2.10. The van der Waals surface area contributed by atoms with Gasteiger partial charge in [-0.15, -0.1) is 0 Å². The number of nitrogens with one attached hydrogen (secondary N) is 1. The lowest BCUT2D eigenvalue weighted by molar-refractivity contribution is -0.131. The number of amides is 1. The smallest absolute Gasteiger partial charge is 0.328 e. The van der Waals surface area contributed by atoms with Gasteiger partial charge in [-0.1, -0.05) is 13.0 Å². The zero-order chi connectivity index (χ0) is 14.3. The molecule has 6 heteroatoms. The van der Waals surface area contributed by atoms with Crippen molar-refractivity contribution >= 4 is 29.7 Å². The first-order valence-corrected chi connectivity index (χ1v) is 7.00. The van der Waals surface area contributed by atoms with Crippen LogP contribution in [0, 0.1) is 0 Å². The summed E-state index contributed by atoms with van der Waals surface area (Å²) >= 11 is 1.65. The van der Waals surface area contributed by atoms with Gasteiger partial charge in [-0.05, 0) is 18.4 Å². The van der Waals surface area contributed by atoms with E-state index in [1.54, 1.807) is 23.9 Å². The van der Waals surface area contributed by atoms with Gasteiger partial charge >= 0.3 is 5.97 Å². The fraction of sp³-hybridized carbons (Fsp3) is 0.308. The first-order valence-electron chi connectivity index (χ1n) is 5.71. The normalized spacial score (nSPS) is 12.3. The van der Waals surface area contributed by atoms with Gasteiger partial charge in [0.05, 0.1) is 0 Å². The summed E-state index contributed by atoms with van der Waals surface area (Å²) in [6, 6.07) is 3.31. The molecule has 2 N–H and O–H groups in total. The molecule has 0 aliphatic heterocycles. The number of aliphatic carboxylic acids is 1. The summed E-state index contributed by atoms with van der Waals surface area (Å²) < 4.78 is 0. The van der Waals surface area contributed by atoms with Crippen molar-refractivity contribution in [2.24, 2.45) is 0 Å². The van der Waals surface area contributed by atoms with E-state index in [2.05, 4.69) is 10.3 Å². The zero-order valence-electron chi connectivity index (χ0n) is 10.8. The van der Waals surface area contributed by atoms with E-state index in [0.717, 1.165) is 6.08 Å². The van der Waals surface area contributed by atoms with Crippen LogP contribution in [0.3, 0.4) is 0 Å². The van der Waals surface area contributed by atoms with E-state index in [1.807, 2.05) is 13.2 Å². The molecule has 5 nitrogen and oxygen atoms in total. The molecule has 1 aromatic heterocycles. The Labute approximate surface area is 116 Å². The molecular formula is C13H16N2O3S. The molecule has 1 rings (SSSR count). The molecule has 1 heterocycles. The lowest BCUT2D eigenvalue weighted by atomic mass is 10.1. The van der Waals surface area contributed by atoms with E-state index in [4.69, 9.17) is 5.11 Å². The van der Waals surface area contributed by atoms with Gasteiger partial charge < -0.3 is 10.4 Å². The number of rotatable bonds is 6. The number of carbonyl (C=O) groups is 2. The van der Waals surface area contributed by atoms with Crippen molar-refractivity contribution in [1.82, 2.24) is 10.3 Å². The van der Waals surface area contributed by atoms with E-state index >= 15 is 0 Å². The third-order valence-electron chi connectivity index (χ3n) is 2.41. The fourth-order valence-electron chi connectivity index (χ4n) is 1.31. The number of pyridine rings is 1. The average Bonchev–Trinajstić information content (AvgIpc) is 2.42. The summed E-state index contributed by atoms with van der Waals surface area (Å²) in [5.41, 5.74) is 0.715. The van der Waals surface area contributed by atoms with Gasteiger partial charge in [-0.25, -0.2) is 4.79 Å². The molecule has 0 saturated heterocycles. The molecule has 102 valence electrons. The SMILES string of the molecule is CSC(C)CNC(=O)c1ncccc1/C=C/C(=O)O. The van der Waals surface area contributed by atoms with Crippen molar-refractivity contribution in [3.05, 3.63) is 35.7 Å². The van der Waals surface area contributed by atoms with Crippen molar-refractivity contribution in [2.45, 2.75) is 12.2 Å². The van der Waals surface area contributed by atoms with Crippen LogP contribution in [0.5, 0.6) is 0 Å². The molecule has 0 aromatic carbocycles. The van der Waals surface area contributed by atoms with Crippen molar-refractivity contribution in [3.8, 4) is 0 Å². The largest absolute Gasteiger partial charge is 0.478 e. The summed E-state index contributed by atoms with van der Waals surface area (Å²) in [7, 11) is 0.